The van der Waals surface area contributed by atoms with Crippen LogP contribution in [0, 0.1) is 5.92 Å². The molecule has 1 atom stereocenters. The van der Waals surface area contributed by atoms with Crippen molar-refractivity contribution >= 4 is 11.8 Å². The summed E-state index contributed by atoms with van der Waals surface area (Å²) in [6, 6.07) is 0. The van der Waals surface area contributed by atoms with Crippen molar-refractivity contribution in [3.05, 3.63) is 0 Å². The summed E-state index contributed by atoms with van der Waals surface area (Å²) in [4.78, 5) is 0. The van der Waals surface area contributed by atoms with Crippen LogP contribution in [0.1, 0.15) is 33.1 Å². The fourth-order valence-electron chi connectivity index (χ4n) is 1.09. The Labute approximate surface area is 73.6 Å². The first-order valence-electron chi connectivity index (χ1n) is 4.52. The second kappa shape index (κ2) is 4.36. The van der Waals surface area contributed by atoms with E-state index in [1.54, 1.807) is 0 Å². The molecule has 0 aromatic rings. The summed E-state index contributed by atoms with van der Waals surface area (Å²) in [5, 5.41) is 9.79. The predicted octanol–water partition coefficient (Wildman–Crippen LogP) is 2.29. The van der Waals surface area contributed by atoms with Gasteiger partial charge in [-0.2, -0.15) is 11.8 Å². The zero-order valence-corrected chi connectivity index (χ0v) is 8.23. The second-order valence-electron chi connectivity index (χ2n) is 3.59. The zero-order valence-electron chi connectivity index (χ0n) is 7.42. The van der Waals surface area contributed by atoms with Gasteiger partial charge in [-0.3, -0.25) is 0 Å². The summed E-state index contributed by atoms with van der Waals surface area (Å²) >= 11 is 2.04. The Hall–Kier alpha value is 0.310. The lowest BCUT2D eigenvalue weighted by molar-refractivity contribution is 0.101. The Kier molecular flexibility index (Phi) is 3.73. The average Bonchev–Trinajstić information content (AvgIpc) is 1.95. The van der Waals surface area contributed by atoms with Gasteiger partial charge in [-0.05, 0) is 24.5 Å². The molecule has 2 heteroatoms. The van der Waals surface area contributed by atoms with Crippen molar-refractivity contribution < 1.29 is 5.11 Å². The second-order valence-corrected chi connectivity index (χ2v) is 4.93. The first-order chi connectivity index (χ1) is 5.22. The van der Waals surface area contributed by atoms with Crippen LogP contribution in [0.25, 0.3) is 0 Å². The summed E-state index contributed by atoms with van der Waals surface area (Å²) in [6.45, 7) is 4.53. The van der Waals surface area contributed by atoms with Crippen molar-refractivity contribution in [2.24, 2.45) is 5.92 Å². The molecular weight excluding hydrogens is 156 g/mol. The fraction of sp³-hybridized carbons (Fsp3) is 1.00. The number of rotatable bonds is 4. The van der Waals surface area contributed by atoms with E-state index in [0.717, 1.165) is 24.0 Å². The maximum atomic E-state index is 9.03. The maximum Gasteiger partial charge on any atom is 0.0561 e. The molecule has 0 unspecified atom stereocenters. The van der Waals surface area contributed by atoms with Gasteiger partial charge in [0.15, 0.2) is 0 Å². The molecule has 66 valence electrons. The van der Waals surface area contributed by atoms with Crippen LogP contribution >= 0.6 is 11.8 Å². The van der Waals surface area contributed by atoms with E-state index in [9.17, 15) is 0 Å². The third-order valence-electron chi connectivity index (χ3n) is 2.38. The Morgan fingerprint density at radius 1 is 1.55 bits per heavy atom. The van der Waals surface area contributed by atoms with Gasteiger partial charge in [0.2, 0.25) is 0 Å². The number of aliphatic hydroxyl groups excluding tert-OH is 1. The monoisotopic (exact) mass is 174 g/mol. The van der Waals surface area contributed by atoms with Gasteiger partial charge >= 0.3 is 0 Å². The first kappa shape index (κ1) is 9.40. The molecule has 0 spiro atoms. The number of aliphatic hydroxyl groups is 1. The van der Waals surface area contributed by atoms with E-state index in [0.29, 0.717) is 0 Å². The SMILES string of the molecule is CC[C@@H](C)CSC1CC(O)C1. The minimum Gasteiger partial charge on any atom is -0.393 e. The van der Waals surface area contributed by atoms with Crippen LogP contribution in [-0.4, -0.2) is 22.2 Å². The van der Waals surface area contributed by atoms with Gasteiger partial charge in [0.05, 0.1) is 6.10 Å². The third-order valence-corrected chi connectivity index (χ3v) is 4.00. The molecule has 1 N–H and O–H groups in total. The van der Waals surface area contributed by atoms with Crippen molar-refractivity contribution in [1.82, 2.24) is 0 Å². The molecule has 0 aliphatic heterocycles. The third kappa shape index (κ3) is 3.04. The van der Waals surface area contributed by atoms with Gasteiger partial charge in [-0.15, -0.1) is 0 Å². The minimum absolute atomic E-state index is 0.0180. The fourth-order valence-corrected chi connectivity index (χ4v) is 2.65. The molecule has 1 nitrogen and oxygen atoms in total. The molecular formula is C9H18OS. The van der Waals surface area contributed by atoms with Gasteiger partial charge < -0.3 is 5.11 Å². The van der Waals surface area contributed by atoms with Crippen LogP contribution in [0.2, 0.25) is 0 Å². The van der Waals surface area contributed by atoms with Gasteiger partial charge in [0.1, 0.15) is 0 Å². The van der Waals surface area contributed by atoms with Crippen LogP contribution < -0.4 is 0 Å². The molecule has 0 aromatic heterocycles. The lowest BCUT2D eigenvalue weighted by Crippen LogP contribution is -2.31. The molecule has 0 bridgehead atoms. The van der Waals surface area contributed by atoms with Crippen LogP contribution in [0.5, 0.6) is 0 Å². The largest absolute Gasteiger partial charge is 0.393 e. The molecule has 1 aliphatic carbocycles. The highest BCUT2D eigenvalue weighted by molar-refractivity contribution is 7.99. The van der Waals surface area contributed by atoms with Crippen molar-refractivity contribution in [1.29, 1.82) is 0 Å². The summed E-state index contributed by atoms with van der Waals surface area (Å²) in [7, 11) is 0. The normalized spacial score (nSPS) is 33.0. The lowest BCUT2D eigenvalue weighted by atomic mass is 9.96. The quantitative estimate of drug-likeness (QED) is 0.705. The maximum absolute atomic E-state index is 9.03. The number of hydrogen-bond acceptors (Lipinski definition) is 2. The Morgan fingerprint density at radius 2 is 2.18 bits per heavy atom. The minimum atomic E-state index is 0.0180. The molecule has 1 aliphatic rings. The van der Waals surface area contributed by atoms with Crippen LogP contribution in [0.3, 0.4) is 0 Å². The van der Waals surface area contributed by atoms with Gasteiger partial charge in [-0.25, -0.2) is 0 Å². The van der Waals surface area contributed by atoms with Gasteiger partial charge in [0.25, 0.3) is 0 Å². The number of thioether (sulfide) groups is 1. The summed E-state index contributed by atoms with van der Waals surface area (Å²) < 4.78 is 0. The van der Waals surface area contributed by atoms with Crippen LogP contribution in [0.4, 0.5) is 0 Å². The highest BCUT2D eigenvalue weighted by Gasteiger charge is 2.27. The zero-order chi connectivity index (χ0) is 8.27. The van der Waals surface area contributed by atoms with E-state index < -0.39 is 0 Å². The van der Waals surface area contributed by atoms with Crippen molar-refractivity contribution in [2.45, 2.75) is 44.5 Å². The van der Waals surface area contributed by atoms with Crippen LogP contribution in [0.15, 0.2) is 0 Å². The lowest BCUT2D eigenvalue weighted by Gasteiger charge is -2.31. The van der Waals surface area contributed by atoms with Crippen molar-refractivity contribution in [3.8, 4) is 0 Å². The highest BCUT2D eigenvalue weighted by Crippen LogP contribution is 2.32. The van der Waals surface area contributed by atoms with E-state index in [1.165, 1.54) is 12.2 Å². The molecule has 0 aromatic carbocycles. The first-order valence-corrected chi connectivity index (χ1v) is 5.57. The standard InChI is InChI=1S/C9H18OS/c1-3-7(2)6-11-9-4-8(10)5-9/h7-10H,3-6H2,1-2H3/t7-,8?,9?/m1/s1. The Morgan fingerprint density at radius 3 is 2.64 bits per heavy atom. The Balaban J connectivity index is 1.96. The molecule has 0 radical (unpaired) electrons. The van der Waals surface area contributed by atoms with Crippen LogP contribution in [-0.2, 0) is 0 Å². The van der Waals surface area contributed by atoms with E-state index in [1.807, 2.05) is 11.8 Å². The van der Waals surface area contributed by atoms with E-state index in [-0.39, 0.29) is 6.10 Å². The van der Waals surface area contributed by atoms with Gasteiger partial charge in [-0.1, -0.05) is 20.3 Å². The van der Waals surface area contributed by atoms with Crippen molar-refractivity contribution in [2.75, 3.05) is 5.75 Å². The predicted molar refractivity (Wildman–Crippen MR) is 50.9 cm³/mol. The van der Waals surface area contributed by atoms with Crippen molar-refractivity contribution in [3.63, 3.8) is 0 Å². The molecule has 0 heterocycles. The summed E-state index contributed by atoms with van der Waals surface area (Å²) in [5.41, 5.74) is 0. The molecule has 0 saturated heterocycles. The summed E-state index contributed by atoms with van der Waals surface area (Å²) in [5.74, 6) is 2.12. The molecule has 11 heavy (non-hydrogen) atoms. The highest BCUT2D eigenvalue weighted by atomic mass is 32.2. The summed E-state index contributed by atoms with van der Waals surface area (Å²) in [6.07, 6.45) is 3.36. The molecule has 0 amide bonds. The molecule has 1 saturated carbocycles. The number of hydrogen-bond donors (Lipinski definition) is 1. The van der Waals surface area contributed by atoms with E-state index in [4.69, 9.17) is 5.11 Å². The topological polar surface area (TPSA) is 20.2 Å². The smallest absolute Gasteiger partial charge is 0.0561 e. The molecule has 1 rings (SSSR count). The van der Waals surface area contributed by atoms with Gasteiger partial charge in [0, 0.05) is 5.25 Å². The van der Waals surface area contributed by atoms with E-state index >= 15 is 0 Å². The Bertz CT molecular complexity index is 110. The molecule has 1 fully saturated rings. The van der Waals surface area contributed by atoms with E-state index in [2.05, 4.69) is 13.8 Å². The average molecular weight is 174 g/mol.